The highest BCUT2D eigenvalue weighted by atomic mass is 16.5. The highest BCUT2D eigenvalue weighted by molar-refractivity contribution is 5.51. The third-order valence-electron chi connectivity index (χ3n) is 2.86. The van der Waals surface area contributed by atoms with Gasteiger partial charge in [0.2, 0.25) is 0 Å². The van der Waals surface area contributed by atoms with E-state index in [-0.39, 0.29) is 0 Å². The molecule has 0 spiro atoms. The molecule has 0 heterocycles. The van der Waals surface area contributed by atoms with Gasteiger partial charge in [0.15, 0.2) is 0 Å². The second-order valence-electron chi connectivity index (χ2n) is 4.65. The molecule has 19 heavy (non-hydrogen) atoms. The van der Waals surface area contributed by atoms with Crippen molar-refractivity contribution in [2.24, 2.45) is 0 Å². The molecule has 1 nitrogen and oxygen atoms in total. The molecule has 0 aromatic heterocycles. The Morgan fingerprint density at radius 1 is 1.05 bits per heavy atom. The quantitative estimate of drug-likeness (QED) is 0.412. The zero-order valence-electron chi connectivity index (χ0n) is 12.3. The first kappa shape index (κ1) is 15.6. The Balaban J connectivity index is 2.40. The van der Waals surface area contributed by atoms with E-state index in [1.807, 2.05) is 6.07 Å². The van der Waals surface area contributed by atoms with E-state index >= 15 is 0 Å². The molecule has 1 heteroatoms. The Labute approximate surface area is 118 Å². The van der Waals surface area contributed by atoms with Gasteiger partial charge in [0, 0.05) is 0 Å². The van der Waals surface area contributed by atoms with E-state index in [9.17, 15) is 0 Å². The summed E-state index contributed by atoms with van der Waals surface area (Å²) in [7, 11) is 0. The minimum absolute atomic E-state index is 0.820. The maximum Gasteiger partial charge on any atom is 0.119 e. The van der Waals surface area contributed by atoms with Crippen LogP contribution in [0.1, 0.15) is 51.5 Å². The van der Waals surface area contributed by atoms with Gasteiger partial charge in [-0.2, -0.15) is 0 Å². The maximum atomic E-state index is 5.75. The molecule has 0 saturated carbocycles. The molecule has 0 aliphatic rings. The second-order valence-corrected chi connectivity index (χ2v) is 4.65. The summed E-state index contributed by atoms with van der Waals surface area (Å²) in [5, 5.41) is 0. The minimum atomic E-state index is 0.820. The third-order valence-corrected chi connectivity index (χ3v) is 2.86. The Bertz CT molecular complexity index is 390. The summed E-state index contributed by atoms with van der Waals surface area (Å²) in [6.45, 7) is 5.18. The van der Waals surface area contributed by atoms with Crippen LogP contribution in [0.3, 0.4) is 0 Å². The smallest absolute Gasteiger partial charge is 0.119 e. The van der Waals surface area contributed by atoms with Crippen LogP contribution in [0.5, 0.6) is 5.75 Å². The summed E-state index contributed by atoms with van der Waals surface area (Å²) in [6.07, 6.45) is 14.4. The molecule has 0 saturated heterocycles. The number of rotatable bonds is 9. The summed E-state index contributed by atoms with van der Waals surface area (Å²) in [5.74, 6) is 0.974. The zero-order chi connectivity index (χ0) is 13.8. The number of hydrogen-bond donors (Lipinski definition) is 0. The maximum absolute atomic E-state index is 5.75. The topological polar surface area (TPSA) is 9.23 Å². The van der Waals surface area contributed by atoms with Crippen LogP contribution in [0.4, 0.5) is 0 Å². The largest absolute Gasteiger partial charge is 0.494 e. The number of benzene rings is 1. The van der Waals surface area contributed by atoms with E-state index in [1.54, 1.807) is 0 Å². The fourth-order valence-electron chi connectivity index (χ4n) is 1.80. The number of ether oxygens (including phenoxy) is 1. The molecule has 0 bridgehead atoms. The van der Waals surface area contributed by atoms with Gasteiger partial charge in [-0.05, 0) is 37.0 Å². The summed E-state index contributed by atoms with van der Waals surface area (Å²) >= 11 is 0. The Kier molecular flexibility index (Phi) is 8.54. The predicted molar refractivity (Wildman–Crippen MR) is 84.5 cm³/mol. The molecule has 104 valence electrons. The van der Waals surface area contributed by atoms with Crippen LogP contribution in [-0.4, -0.2) is 6.61 Å². The molecule has 0 amide bonds. The standard InChI is InChI=1S/C18H26O/c1-3-5-7-8-9-12-17-13-11-14-18(16-17)19-15-10-6-4-2/h5,7,9,11-14,16H,3-4,6,8,10,15H2,1-2H3/b7-5-,12-9+. The molecule has 0 N–H and O–H groups in total. The molecule has 0 unspecified atom stereocenters. The van der Waals surface area contributed by atoms with Crippen molar-refractivity contribution in [3.63, 3.8) is 0 Å². The van der Waals surface area contributed by atoms with Crippen molar-refractivity contribution in [2.45, 2.75) is 46.0 Å². The first-order valence-corrected chi connectivity index (χ1v) is 7.41. The normalized spacial score (nSPS) is 11.5. The molecule has 1 aromatic rings. The molecular formula is C18H26O. The van der Waals surface area contributed by atoms with Crippen LogP contribution in [0, 0.1) is 0 Å². The summed E-state index contributed by atoms with van der Waals surface area (Å²) in [4.78, 5) is 0. The van der Waals surface area contributed by atoms with E-state index in [0.717, 1.165) is 31.6 Å². The zero-order valence-corrected chi connectivity index (χ0v) is 12.3. The highest BCUT2D eigenvalue weighted by Gasteiger charge is 1.94. The van der Waals surface area contributed by atoms with Crippen LogP contribution >= 0.6 is 0 Å². The summed E-state index contributed by atoms with van der Waals surface area (Å²) in [5.41, 5.74) is 1.21. The van der Waals surface area contributed by atoms with Gasteiger partial charge in [-0.3, -0.25) is 0 Å². The van der Waals surface area contributed by atoms with Crippen LogP contribution in [0.2, 0.25) is 0 Å². The lowest BCUT2D eigenvalue weighted by Crippen LogP contribution is -1.96. The molecule has 0 fully saturated rings. The van der Waals surface area contributed by atoms with Gasteiger partial charge in [0.25, 0.3) is 0 Å². The Morgan fingerprint density at radius 2 is 1.95 bits per heavy atom. The van der Waals surface area contributed by atoms with Gasteiger partial charge in [-0.15, -0.1) is 0 Å². The van der Waals surface area contributed by atoms with Gasteiger partial charge in [-0.1, -0.05) is 63.1 Å². The number of allylic oxidation sites excluding steroid dienone is 3. The average molecular weight is 258 g/mol. The molecular weight excluding hydrogens is 232 g/mol. The summed E-state index contributed by atoms with van der Waals surface area (Å²) < 4.78 is 5.75. The molecule has 0 radical (unpaired) electrons. The first-order valence-electron chi connectivity index (χ1n) is 7.41. The van der Waals surface area contributed by atoms with Crippen LogP contribution in [0.25, 0.3) is 6.08 Å². The Morgan fingerprint density at radius 3 is 2.74 bits per heavy atom. The highest BCUT2D eigenvalue weighted by Crippen LogP contribution is 2.15. The van der Waals surface area contributed by atoms with Gasteiger partial charge in [0.05, 0.1) is 6.61 Å². The fourth-order valence-corrected chi connectivity index (χ4v) is 1.80. The monoisotopic (exact) mass is 258 g/mol. The van der Waals surface area contributed by atoms with Crippen molar-refractivity contribution in [2.75, 3.05) is 6.61 Å². The van der Waals surface area contributed by atoms with Gasteiger partial charge >= 0.3 is 0 Å². The van der Waals surface area contributed by atoms with Crippen LogP contribution in [-0.2, 0) is 0 Å². The van der Waals surface area contributed by atoms with Crippen molar-refractivity contribution in [3.05, 3.63) is 48.1 Å². The fraction of sp³-hybridized carbons (Fsp3) is 0.444. The first-order chi connectivity index (χ1) is 9.36. The molecule has 1 rings (SSSR count). The van der Waals surface area contributed by atoms with Crippen molar-refractivity contribution in [3.8, 4) is 5.75 Å². The lowest BCUT2D eigenvalue weighted by Gasteiger charge is -2.06. The van der Waals surface area contributed by atoms with E-state index in [2.05, 4.69) is 56.4 Å². The molecule has 1 aromatic carbocycles. The van der Waals surface area contributed by atoms with Gasteiger partial charge in [-0.25, -0.2) is 0 Å². The third kappa shape index (κ3) is 7.50. The lowest BCUT2D eigenvalue weighted by molar-refractivity contribution is 0.306. The van der Waals surface area contributed by atoms with Gasteiger partial charge < -0.3 is 4.74 Å². The number of unbranched alkanes of at least 4 members (excludes halogenated alkanes) is 2. The van der Waals surface area contributed by atoms with Gasteiger partial charge in [0.1, 0.15) is 5.75 Å². The van der Waals surface area contributed by atoms with Crippen LogP contribution < -0.4 is 4.74 Å². The second kappa shape index (κ2) is 10.4. The van der Waals surface area contributed by atoms with Crippen molar-refractivity contribution < 1.29 is 4.74 Å². The van der Waals surface area contributed by atoms with Crippen molar-refractivity contribution in [1.82, 2.24) is 0 Å². The average Bonchev–Trinajstić information content (AvgIpc) is 2.44. The van der Waals surface area contributed by atoms with Crippen molar-refractivity contribution >= 4 is 6.08 Å². The summed E-state index contributed by atoms with van der Waals surface area (Å²) in [6, 6.07) is 8.29. The Hall–Kier alpha value is -1.50. The van der Waals surface area contributed by atoms with E-state index in [1.165, 1.54) is 18.4 Å². The molecule has 0 aliphatic heterocycles. The lowest BCUT2D eigenvalue weighted by atomic mass is 10.2. The SMILES string of the molecule is CC/C=C\C/C=C/c1cccc(OCCCCC)c1. The van der Waals surface area contributed by atoms with Crippen LogP contribution in [0.15, 0.2) is 42.5 Å². The predicted octanol–water partition coefficient (Wildman–Crippen LogP) is 5.63. The van der Waals surface area contributed by atoms with E-state index in [4.69, 9.17) is 4.74 Å². The van der Waals surface area contributed by atoms with E-state index in [0.29, 0.717) is 0 Å². The van der Waals surface area contributed by atoms with Crippen molar-refractivity contribution in [1.29, 1.82) is 0 Å². The molecule has 0 aliphatic carbocycles. The molecule has 0 atom stereocenters. The number of hydrogen-bond acceptors (Lipinski definition) is 1. The minimum Gasteiger partial charge on any atom is -0.494 e. The van der Waals surface area contributed by atoms with E-state index < -0.39 is 0 Å².